The fraction of sp³-hybridized carbons (Fsp3) is 0.750. The predicted octanol–water partition coefficient (Wildman–Crippen LogP) is 1.73. The molecule has 0 amide bonds. The van der Waals surface area contributed by atoms with Gasteiger partial charge in [0.1, 0.15) is 0 Å². The highest BCUT2D eigenvalue weighted by Crippen LogP contribution is 2.15. The van der Waals surface area contributed by atoms with Crippen molar-refractivity contribution in [2.75, 3.05) is 6.61 Å². The molecule has 0 unspecified atom stereocenters. The number of carbonyl (C=O) groups is 2. The van der Waals surface area contributed by atoms with E-state index in [1.54, 1.807) is 27.7 Å². The average Bonchev–Trinajstić information content (AvgIpc) is 1.85. The summed E-state index contributed by atoms with van der Waals surface area (Å²) in [4.78, 5) is 21.7. The van der Waals surface area contributed by atoms with Gasteiger partial charge in [0.2, 0.25) is 0 Å². The fourth-order valence-electron chi connectivity index (χ4n) is 0.376. The number of hydrogen-bond acceptors (Lipinski definition) is 4. The van der Waals surface area contributed by atoms with Gasteiger partial charge in [0.25, 0.3) is 0 Å². The maximum Gasteiger partial charge on any atom is 0.516 e. The van der Waals surface area contributed by atoms with Crippen LogP contribution in [0.4, 0.5) is 4.79 Å². The van der Waals surface area contributed by atoms with Crippen molar-refractivity contribution in [3.05, 3.63) is 0 Å². The third kappa shape index (κ3) is 3.95. The van der Waals surface area contributed by atoms with Crippen molar-refractivity contribution in [3.63, 3.8) is 0 Å². The highest BCUT2D eigenvalue weighted by atomic mass is 16.7. The minimum atomic E-state index is -0.933. The summed E-state index contributed by atoms with van der Waals surface area (Å²) in [5.41, 5.74) is -0.674. The minimum Gasteiger partial charge on any atom is -0.434 e. The summed E-state index contributed by atoms with van der Waals surface area (Å²) in [5.74, 6) is -0.582. The molecule has 0 N–H and O–H groups in total. The second-order valence-corrected chi connectivity index (χ2v) is 3.32. The zero-order valence-electron chi connectivity index (χ0n) is 7.84. The van der Waals surface area contributed by atoms with Gasteiger partial charge < -0.3 is 9.47 Å². The summed E-state index contributed by atoms with van der Waals surface area (Å²) in [6, 6.07) is 0. The van der Waals surface area contributed by atoms with Crippen LogP contribution in [-0.2, 0) is 14.3 Å². The maximum absolute atomic E-state index is 11.0. The quantitative estimate of drug-likeness (QED) is 0.448. The van der Waals surface area contributed by atoms with E-state index in [0.29, 0.717) is 0 Å². The molecule has 4 heteroatoms. The van der Waals surface area contributed by atoms with E-state index in [9.17, 15) is 9.59 Å². The molecular formula is C8H14O4. The second-order valence-electron chi connectivity index (χ2n) is 3.32. The standard InChI is InChI=1S/C8H14O4/c1-5-11-7(10)12-6(9)8(2,3)4/h5H2,1-4H3. The van der Waals surface area contributed by atoms with Crippen LogP contribution in [0.2, 0.25) is 0 Å². The van der Waals surface area contributed by atoms with Crippen molar-refractivity contribution >= 4 is 12.1 Å². The van der Waals surface area contributed by atoms with Crippen molar-refractivity contribution in [1.82, 2.24) is 0 Å². The molecule has 0 fully saturated rings. The van der Waals surface area contributed by atoms with E-state index >= 15 is 0 Å². The zero-order chi connectivity index (χ0) is 9.78. The van der Waals surface area contributed by atoms with Gasteiger partial charge in [-0.1, -0.05) is 0 Å². The van der Waals surface area contributed by atoms with Crippen molar-refractivity contribution in [2.45, 2.75) is 27.7 Å². The van der Waals surface area contributed by atoms with Crippen LogP contribution in [0.1, 0.15) is 27.7 Å². The average molecular weight is 174 g/mol. The van der Waals surface area contributed by atoms with E-state index in [2.05, 4.69) is 9.47 Å². The van der Waals surface area contributed by atoms with Crippen molar-refractivity contribution < 1.29 is 19.1 Å². The van der Waals surface area contributed by atoms with Crippen LogP contribution in [0.3, 0.4) is 0 Å². The first-order chi connectivity index (χ1) is 5.38. The summed E-state index contributed by atoms with van der Waals surface area (Å²) in [6.45, 7) is 6.83. The summed E-state index contributed by atoms with van der Waals surface area (Å²) in [5, 5.41) is 0. The molecule has 0 atom stereocenters. The van der Waals surface area contributed by atoms with Gasteiger partial charge in [-0.25, -0.2) is 4.79 Å². The molecule has 0 aromatic carbocycles. The molecular weight excluding hydrogens is 160 g/mol. The fourth-order valence-corrected chi connectivity index (χ4v) is 0.376. The van der Waals surface area contributed by atoms with Crippen molar-refractivity contribution in [2.24, 2.45) is 5.41 Å². The van der Waals surface area contributed by atoms with E-state index in [0.717, 1.165) is 0 Å². The van der Waals surface area contributed by atoms with Gasteiger partial charge in [-0.15, -0.1) is 0 Å². The van der Waals surface area contributed by atoms with Crippen molar-refractivity contribution in [1.29, 1.82) is 0 Å². The van der Waals surface area contributed by atoms with Crippen LogP contribution < -0.4 is 0 Å². The van der Waals surface area contributed by atoms with E-state index in [4.69, 9.17) is 0 Å². The summed E-state index contributed by atoms with van der Waals surface area (Å²) in [6.07, 6.45) is -0.933. The Hall–Kier alpha value is -1.06. The van der Waals surface area contributed by atoms with Crippen LogP contribution in [0.5, 0.6) is 0 Å². The SMILES string of the molecule is CCOC(=O)OC(=O)C(C)(C)C. The Kier molecular flexibility index (Phi) is 3.73. The summed E-state index contributed by atoms with van der Waals surface area (Å²) < 4.78 is 8.78. The molecule has 0 aromatic rings. The molecule has 0 saturated heterocycles. The first-order valence-electron chi connectivity index (χ1n) is 3.77. The largest absolute Gasteiger partial charge is 0.516 e. The minimum absolute atomic E-state index is 0.205. The molecule has 0 spiro atoms. The van der Waals surface area contributed by atoms with Crippen LogP contribution in [-0.4, -0.2) is 18.7 Å². The Morgan fingerprint density at radius 3 is 2.08 bits per heavy atom. The van der Waals surface area contributed by atoms with E-state index in [-0.39, 0.29) is 6.61 Å². The third-order valence-corrected chi connectivity index (χ3v) is 1.05. The molecule has 0 rings (SSSR count). The number of esters is 1. The molecule has 70 valence electrons. The molecule has 0 aliphatic heterocycles. The van der Waals surface area contributed by atoms with Gasteiger partial charge in [-0.2, -0.15) is 0 Å². The van der Waals surface area contributed by atoms with Gasteiger partial charge >= 0.3 is 12.1 Å². The number of ether oxygens (including phenoxy) is 2. The first-order valence-corrected chi connectivity index (χ1v) is 3.77. The van der Waals surface area contributed by atoms with E-state index in [1.165, 1.54) is 0 Å². The Morgan fingerprint density at radius 2 is 1.75 bits per heavy atom. The number of carbonyl (C=O) groups excluding carboxylic acids is 2. The molecule has 0 aliphatic rings. The lowest BCUT2D eigenvalue weighted by Crippen LogP contribution is -2.26. The highest BCUT2D eigenvalue weighted by Gasteiger charge is 2.26. The Morgan fingerprint density at radius 1 is 1.25 bits per heavy atom. The summed E-state index contributed by atoms with van der Waals surface area (Å²) >= 11 is 0. The molecule has 0 saturated carbocycles. The Balaban J connectivity index is 3.94. The zero-order valence-corrected chi connectivity index (χ0v) is 7.84. The van der Waals surface area contributed by atoms with E-state index in [1.807, 2.05) is 0 Å². The predicted molar refractivity (Wildman–Crippen MR) is 42.6 cm³/mol. The highest BCUT2D eigenvalue weighted by molar-refractivity contribution is 5.85. The Bertz CT molecular complexity index is 178. The third-order valence-electron chi connectivity index (χ3n) is 1.05. The van der Waals surface area contributed by atoms with Crippen LogP contribution in [0, 0.1) is 5.41 Å². The number of hydrogen-bond donors (Lipinski definition) is 0. The monoisotopic (exact) mass is 174 g/mol. The molecule has 0 aliphatic carbocycles. The van der Waals surface area contributed by atoms with Gasteiger partial charge in [0.05, 0.1) is 12.0 Å². The molecule has 4 nitrogen and oxygen atoms in total. The lowest BCUT2D eigenvalue weighted by molar-refractivity contribution is -0.148. The Labute approximate surface area is 71.8 Å². The molecule has 0 aromatic heterocycles. The van der Waals surface area contributed by atoms with Crippen molar-refractivity contribution in [3.8, 4) is 0 Å². The van der Waals surface area contributed by atoms with Gasteiger partial charge in [0, 0.05) is 0 Å². The first kappa shape index (κ1) is 10.9. The second kappa shape index (κ2) is 4.09. The lowest BCUT2D eigenvalue weighted by atomic mass is 9.98. The van der Waals surface area contributed by atoms with Crippen LogP contribution in [0.15, 0.2) is 0 Å². The lowest BCUT2D eigenvalue weighted by Gasteiger charge is -2.14. The van der Waals surface area contributed by atoms with Gasteiger partial charge in [-0.3, -0.25) is 4.79 Å². The van der Waals surface area contributed by atoms with Gasteiger partial charge in [-0.05, 0) is 27.7 Å². The van der Waals surface area contributed by atoms with Gasteiger partial charge in [0.15, 0.2) is 0 Å². The number of rotatable bonds is 1. The normalized spacial score (nSPS) is 10.7. The summed E-state index contributed by atoms with van der Waals surface area (Å²) in [7, 11) is 0. The smallest absolute Gasteiger partial charge is 0.434 e. The van der Waals surface area contributed by atoms with E-state index < -0.39 is 17.5 Å². The van der Waals surface area contributed by atoms with Crippen LogP contribution in [0.25, 0.3) is 0 Å². The van der Waals surface area contributed by atoms with Crippen LogP contribution >= 0.6 is 0 Å². The molecule has 0 bridgehead atoms. The maximum atomic E-state index is 11.0. The molecule has 0 heterocycles. The molecule has 0 radical (unpaired) electrons. The topological polar surface area (TPSA) is 52.6 Å². The molecule has 12 heavy (non-hydrogen) atoms.